The Labute approximate surface area is 121 Å². The minimum Gasteiger partial charge on any atom is -0.335 e. The highest BCUT2D eigenvalue weighted by molar-refractivity contribution is 5.36. The summed E-state index contributed by atoms with van der Waals surface area (Å²) in [5, 5.41) is 3.45. The molecule has 2 aromatic rings. The molecule has 0 radical (unpaired) electrons. The Balaban J connectivity index is 1.83. The number of benzene rings is 1. The van der Waals surface area contributed by atoms with E-state index in [2.05, 4.69) is 46.2 Å². The molecule has 1 N–H and O–H groups in total. The largest absolute Gasteiger partial charge is 0.335 e. The first-order valence-corrected chi connectivity index (χ1v) is 7.60. The fraction of sp³-hybridized carbons (Fsp3) is 0.471. The number of fused-ring (bicyclic) bond motifs is 1. The van der Waals surface area contributed by atoms with Crippen molar-refractivity contribution in [2.24, 2.45) is 0 Å². The van der Waals surface area contributed by atoms with Gasteiger partial charge in [0.25, 0.3) is 0 Å². The first-order valence-electron chi connectivity index (χ1n) is 7.60. The number of aromatic nitrogens is 2. The van der Waals surface area contributed by atoms with Crippen LogP contribution in [0.2, 0.25) is 0 Å². The fourth-order valence-electron chi connectivity index (χ4n) is 3.20. The second-order valence-corrected chi connectivity index (χ2v) is 5.56. The molecule has 1 unspecified atom stereocenters. The summed E-state index contributed by atoms with van der Waals surface area (Å²) in [5.74, 6) is 1.16. The fourth-order valence-corrected chi connectivity index (χ4v) is 3.20. The lowest BCUT2D eigenvalue weighted by Crippen LogP contribution is -2.21. The van der Waals surface area contributed by atoms with Crippen molar-refractivity contribution in [3.63, 3.8) is 0 Å². The average molecular weight is 269 g/mol. The standard InChI is InChI=1S/C17H23N3/c1-3-20-10-9-19-17(20)12-16(18-2)15-8-7-13-5-4-6-14(13)11-15/h7-11,16,18H,3-6,12H2,1-2H3. The number of likely N-dealkylation sites (N-methyl/N-ethyl adjacent to an activating group) is 1. The molecule has 1 aliphatic rings. The monoisotopic (exact) mass is 269 g/mol. The predicted molar refractivity (Wildman–Crippen MR) is 81.9 cm³/mol. The van der Waals surface area contributed by atoms with Crippen LogP contribution in [0.1, 0.15) is 41.9 Å². The van der Waals surface area contributed by atoms with E-state index in [1.165, 1.54) is 24.8 Å². The Bertz CT molecular complexity index is 586. The van der Waals surface area contributed by atoms with Crippen LogP contribution in [-0.4, -0.2) is 16.6 Å². The van der Waals surface area contributed by atoms with Gasteiger partial charge in [-0.15, -0.1) is 0 Å². The van der Waals surface area contributed by atoms with E-state index in [9.17, 15) is 0 Å². The summed E-state index contributed by atoms with van der Waals surface area (Å²) in [7, 11) is 2.04. The number of hydrogen-bond acceptors (Lipinski definition) is 2. The molecule has 1 aromatic carbocycles. The van der Waals surface area contributed by atoms with Crippen molar-refractivity contribution in [2.75, 3.05) is 7.05 Å². The van der Waals surface area contributed by atoms with E-state index in [0.29, 0.717) is 6.04 Å². The second-order valence-electron chi connectivity index (χ2n) is 5.56. The van der Waals surface area contributed by atoms with Crippen molar-refractivity contribution in [1.29, 1.82) is 0 Å². The van der Waals surface area contributed by atoms with Gasteiger partial charge in [0.15, 0.2) is 0 Å². The highest BCUT2D eigenvalue weighted by Crippen LogP contribution is 2.26. The Morgan fingerprint density at radius 2 is 2.15 bits per heavy atom. The van der Waals surface area contributed by atoms with Gasteiger partial charge >= 0.3 is 0 Å². The van der Waals surface area contributed by atoms with Crippen LogP contribution in [0.25, 0.3) is 0 Å². The third-order valence-electron chi connectivity index (χ3n) is 4.40. The van der Waals surface area contributed by atoms with Gasteiger partial charge in [-0.2, -0.15) is 0 Å². The van der Waals surface area contributed by atoms with Gasteiger partial charge in [0, 0.05) is 31.4 Å². The third kappa shape index (κ3) is 2.50. The number of imidazole rings is 1. The topological polar surface area (TPSA) is 29.9 Å². The number of aryl methyl sites for hydroxylation is 3. The van der Waals surface area contributed by atoms with Crippen molar-refractivity contribution >= 4 is 0 Å². The molecule has 0 aliphatic heterocycles. The van der Waals surface area contributed by atoms with Gasteiger partial charge < -0.3 is 9.88 Å². The van der Waals surface area contributed by atoms with E-state index < -0.39 is 0 Å². The molecular formula is C17H23N3. The lowest BCUT2D eigenvalue weighted by atomic mass is 9.99. The molecule has 0 saturated carbocycles. The second kappa shape index (κ2) is 5.80. The minimum absolute atomic E-state index is 0.341. The summed E-state index contributed by atoms with van der Waals surface area (Å²) < 4.78 is 2.22. The number of nitrogens with one attached hydrogen (secondary N) is 1. The van der Waals surface area contributed by atoms with E-state index >= 15 is 0 Å². The first-order chi connectivity index (χ1) is 9.81. The summed E-state index contributed by atoms with van der Waals surface area (Å²) in [6.45, 7) is 3.14. The van der Waals surface area contributed by atoms with Crippen LogP contribution in [-0.2, 0) is 25.8 Å². The molecule has 0 fully saturated rings. The summed E-state index contributed by atoms with van der Waals surface area (Å²) in [6, 6.07) is 7.33. The SMILES string of the molecule is CCn1ccnc1CC(NC)c1ccc2c(c1)CCC2. The normalized spacial score (nSPS) is 15.3. The maximum Gasteiger partial charge on any atom is 0.110 e. The lowest BCUT2D eigenvalue weighted by molar-refractivity contribution is 0.552. The predicted octanol–water partition coefficient (Wildman–Crippen LogP) is 2.89. The van der Waals surface area contributed by atoms with Gasteiger partial charge in [-0.1, -0.05) is 18.2 Å². The maximum absolute atomic E-state index is 4.50. The van der Waals surface area contributed by atoms with Gasteiger partial charge in [0.1, 0.15) is 5.82 Å². The molecule has 3 nitrogen and oxygen atoms in total. The van der Waals surface area contributed by atoms with Crippen LogP contribution in [0.3, 0.4) is 0 Å². The van der Waals surface area contributed by atoms with Gasteiger partial charge in [0.05, 0.1) is 0 Å². The zero-order chi connectivity index (χ0) is 13.9. The number of nitrogens with zero attached hydrogens (tertiary/aromatic N) is 2. The van der Waals surface area contributed by atoms with Crippen molar-refractivity contribution in [1.82, 2.24) is 14.9 Å². The summed E-state index contributed by atoms with van der Waals surface area (Å²) >= 11 is 0. The third-order valence-corrected chi connectivity index (χ3v) is 4.40. The van der Waals surface area contributed by atoms with Gasteiger partial charge in [-0.25, -0.2) is 4.98 Å². The quantitative estimate of drug-likeness (QED) is 0.904. The summed E-state index contributed by atoms with van der Waals surface area (Å²) in [5.41, 5.74) is 4.47. The molecule has 1 aliphatic carbocycles. The molecular weight excluding hydrogens is 246 g/mol. The van der Waals surface area contributed by atoms with Crippen molar-refractivity contribution < 1.29 is 0 Å². The van der Waals surface area contributed by atoms with Crippen LogP contribution >= 0.6 is 0 Å². The van der Waals surface area contributed by atoms with Crippen LogP contribution < -0.4 is 5.32 Å². The maximum atomic E-state index is 4.50. The summed E-state index contributed by atoms with van der Waals surface area (Å²) in [4.78, 5) is 4.50. The highest BCUT2D eigenvalue weighted by atomic mass is 15.1. The smallest absolute Gasteiger partial charge is 0.110 e. The molecule has 0 bridgehead atoms. The molecule has 1 heterocycles. The molecule has 106 valence electrons. The van der Waals surface area contributed by atoms with Crippen LogP contribution in [0.4, 0.5) is 0 Å². The van der Waals surface area contributed by atoms with Crippen molar-refractivity contribution in [2.45, 2.75) is 45.2 Å². The highest BCUT2D eigenvalue weighted by Gasteiger charge is 2.17. The Morgan fingerprint density at radius 3 is 2.95 bits per heavy atom. The zero-order valence-corrected chi connectivity index (χ0v) is 12.4. The van der Waals surface area contributed by atoms with Crippen LogP contribution in [0.15, 0.2) is 30.6 Å². The van der Waals surface area contributed by atoms with Gasteiger partial charge in [0.2, 0.25) is 0 Å². The number of rotatable bonds is 5. The zero-order valence-electron chi connectivity index (χ0n) is 12.4. The van der Waals surface area contributed by atoms with Crippen molar-refractivity contribution in [3.05, 3.63) is 53.1 Å². The average Bonchev–Trinajstić information content (AvgIpc) is 3.12. The van der Waals surface area contributed by atoms with E-state index in [1.54, 1.807) is 11.1 Å². The van der Waals surface area contributed by atoms with Crippen LogP contribution in [0.5, 0.6) is 0 Å². The molecule has 0 saturated heterocycles. The minimum atomic E-state index is 0.341. The van der Waals surface area contributed by atoms with Crippen LogP contribution in [0, 0.1) is 0 Å². The van der Waals surface area contributed by atoms with E-state index in [1.807, 2.05) is 13.2 Å². The molecule has 1 aromatic heterocycles. The Morgan fingerprint density at radius 1 is 1.30 bits per heavy atom. The molecule has 1 atom stereocenters. The Hall–Kier alpha value is -1.61. The van der Waals surface area contributed by atoms with Gasteiger partial charge in [-0.3, -0.25) is 0 Å². The molecule has 3 heteroatoms. The van der Waals surface area contributed by atoms with Crippen molar-refractivity contribution in [3.8, 4) is 0 Å². The van der Waals surface area contributed by atoms with E-state index in [4.69, 9.17) is 0 Å². The molecule has 3 rings (SSSR count). The molecule has 0 spiro atoms. The Kier molecular flexibility index (Phi) is 3.88. The molecule has 20 heavy (non-hydrogen) atoms. The first kappa shape index (κ1) is 13.4. The van der Waals surface area contributed by atoms with Gasteiger partial charge in [-0.05, 0) is 49.9 Å². The number of hydrogen-bond donors (Lipinski definition) is 1. The van der Waals surface area contributed by atoms with E-state index in [0.717, 1.165) is 18.8 Å². The van der Waals surface area contributed by atoms with E-state index in [-0.39, 0.29) is 0 Å². The summed E-state index contributed by atoms with van der Waals surface area (Å²) in [6.07, 6.45) is 8.70. The molecule has 0 amide bonds. The lowest BCUT2D eigenvalue weighted by Gasteiger charge is -2.18.